The van der Waals surface area contributed by atoms with Crippen LogP contribution in [0.5, 0.6) is 11.5 Å². The number of benzene rings is 6. The number of phenols is 2. The molecule has 6 aromatic carbocycles. The van der Waals surface area contributed by atoms with Gasteiger partial charge in [0, 0.05) is 5.39 Å². The molecule has 3 heteroatoms. The van der Waals surface area contributed by atoms with Crippen LogP contribution < -0.4 is 15.9 Å². The summed E-state index contributed by atoms with van der Waals surface area (Å²) in [6.45, 7) is 0. The Bertz CT molecular complexity index is 1490. The molecule has 6 aromatic rings. The fourth-order valence-electron chi connectivity index (χ4n) is 5.13. The van der Waals surface area contributed by atoms with Gasteiger partial charge in [-0.05, 0) is 29.7 Å². The van der Waals surface area contributed by atoms with Gasteiger partial charge in [0.05, 0.1) is 0 Å². The molecule has 2 N–H and O–H groups in total. The Hall–Kier alpha value is -4.39. The molecule has 188 valence electrons. The van der Waals surface area contributed by atoms with E-state index >= 15 is 0 Å². The normalized spacial score (nSPS) is 11.4. The fraction of sp³-hybridized carbons (Fsp3) is 0.0286. The second-order valence-electron chi connectivity index (χ2n) is 9.35. The van der Waals surface area contributed by atoms with E-state index in [1.165, 1.54) is 21.5 Å². The average molecular weight is 515 g/mol. The SMILES string of the molecule is Oc1ccc2c(O)cccc2c1.c1ccc(C[PH](c2ccccc2)(c2ccccc2)c2ccccc2)cc1. The summed E-state index contributed by atoms with van der Waals surface area (Å²) >= 11 is 0. The van der Waals surface area contributed by atoms with Crippen molar-refractivity contribution in [3.63, 3.8) is 0 Å². The first-order valence-corrected chi connectivity index (χ1v) is 15.0. The summed E-state index contributed by atoms with van der Waals surface area (Å²) in [5.74, 6) is 0.459. The van der Waals surface area contributed by atoms with Gasteiger partial charge in [0.2, 0.25) is 0 Å². The summed E-state index contributed by atoms with van der Waals surface area (Å²) in [7, 11) is -2.16. The van der Waals surface area contributed by atoms with Gasteiger partial charge in [-0.3, -0.25) is 0 Å². The molecule has 0 saturated carbocycles. The Morgan fingerprint density at radius 3 is 1.42 bits per heavy atom. The third kappa shape index (κ3) is 5.47. The molecule has 0 aromatic heterocycles. The van der Waals surface area contributed by atoms with Gasteiger partial charge in [0.25, 0.3) is 0 Å². The van der Waals surface area contributed by atoms with E-state index in [2.05, 4.69) is 121 Å². The van der Waals surface area contributed by atoms with Crippen molar-refractivity contribution in [2.45, 2.75) is 6.16 Å². The molecule has 38 heavy (non-hydrogen) atoms. The second-order valence-corrected chi connectivity index (χ2v) is 13.2. The summed E-state index contributed by atoms with van der Waals surface area (Å²) in [4.78, 5) is 0. The maximum atomic E-state index is 9.38. The number of phenolic OH excluding ortho intramolecular Hbond substituents is 2. The number of hydrogen-bond acceptors (Lipinski definition) is 2. The van der Waals surface area contributed by atoms with Crippen LogP contribution >= 0.6 is 7.26 Å². The van der Waals surface area contributed by atoms with Gasteiger partial charge < -0.3 is 10.2 Å². The van der Waals surface area contributed by atoms with Crippen molar-refractivity contribution in [3.05, 3.63) is 163 Å². The summed E-state index contributed by atoms with van der Waals surface area (Å²) < 4.78 is 0. The first-order chi connectivity index (χ1) is 18.7. The molecule has 0 aliphatic rings. The van der Waals surface area contributed by atoms with Crippen molar-refractivity contribution in [1.29, 1.82) is 0 Å². The third-order valence-corrected chi connectivity index (χ3v) is 11.8. The monoisotopic (exact) mass is 514 g/mol. The van der Waals surface area contributed by atoms with E-state index in [9.17, 15) is 5.11 Å². The van der Waals surface area contributed by atoms with Gasteiger partial charge in [-0.25, -0.2) is 0 Å². The van der Waals surface area contributed by atoms with E-state index in [4.69, 9.17) is 5.11 Å². The van der Waals surface area contributed by atoms with Gasteiger partial charge in [0.15, 0.2) is 0 Å². The molecule has 0 spiro atoms. The van der Waals surface area contributed by atoms with Crippen LogP contribution in [-0.4, -0.2) is 10.2 Å². The summed E-state index contributed by atoms with van der Waals surface area (Å²) in [6, 6.07) is 54.3. The van der Waals surface area contributed by atoms with Gasteiger partial charge in [0.1, 0.15) is 11.5 Å². The zero-order valence-corrected chi connectivity index (χ0v) is 22.1. The molecule has 0 radical (unpaired) electrons. The zero-order chi connectivity index (χ0) is 26.2. The minimum absolute atomic E-state index is 0.216. The van der Waals surface area contributed by atoms with Crippen molar-refractivity contribution >= 4 is 33.9 Å². The van der Waals surface area contributed by atoms with Crippen molar-refractivity contribution in [2.75, 3.05) is 0 Å². The summed E-state index contributed by atoms with van der Waals surface area (Å²) in [5, 5.41) is 24.5. The number of fused-ring (bicyclic) bond motifs is 1. The van der Waals surface area contributed by atoms with Gasteiger partial charge in [-0.2, -0.15) is 0 Å². The second kappa shape index (κ2) is 11.8. The molecular formula is C35H31O2P. The van der Waals surface area contributed by atoms with Crippen LogP contribution in [0.3, 0.4) is 0 Å². The molecule has 0 bridgehead atoms. The number of hydrogen-bond donors (Lipinski definition) is 2. The molecule has 0 saturated heterocycles. The van der Waals surface area contributed by atoms with Crippen molar-refractivity contribution in [2.24, 2.45) is 0 Å². The van der Waals surface area contributed by atoms with Crippen LogP contribution in [-0.2, 0) is 6.16 Å². The molecule has 0 aliphatic carbocycles. The zero-order valence-electron chi connectivity index (χ0n) is 21.1. The van der Waals surface area contributed by atoms with Crippen LogP contribution in [0.4, 0.5) is 0 Å². The topological polar surface area (TPSA) is 40.5 Å². The van der Waals surface area contributed by atoms with E-state index in [1.807, 2.05) is 6.07 Å². The Balaban J connectivity index is 0.000000204. The Morgan fingerprint density at radius 2 is 0.921 bits per heavy atom. The molecule has 0 unspecified atom stereocenters. The standard InChI is InChI=1S/C25H23P.C10H8O2/c1-5-13-22(14-6-1)21-26(23-15-7-2-8-16-23,24-17-9-3-10-18-24)25-19-11-4-12-20-25;11-8-4-5-9-7(6-8)2-1-3-10(9)12/h1-20,26H,21H2;1-6,11-12H. The van der Waals surface area contributed by atoms with Crippen molar-refractivity contribution in [1.82, 2.24) is 0 Å². The first-order valence-electron chi connectivity index (χ1n) is 12.8. The maximum absolute atomic E-state index is 9.38. The molecule has 0 heterocycles. The molecule has 0 atom stereocenters. The fourth-order valence-corrected chi connectivity index (χ4v) is 9.88. The first kappa shape index (κ1) is 25.3. The molecular weight excluding hydrogens is 483 g/mol. The predicted octanol–water partition coefficient (Wildman–Crippen LogP) is 7.16. The minimum atomic E-state index is -2.16. The number of aromatic hydroxyl groups is 2. The average Bonchev–Trinajstić information content (AvgIpc) is 2.98. The van der Waals surface area contributed by atoms with Crippen LogP contribution in [0.1, 0.15) is 5.56 Å². The number of rotatable bonds is 5. The van der Waals surface area contributed by atoms with Gasteiger partial charge >= 0.3 is 156 Å². The Morgan fingerprint density at radius 1 is 0.447 bits per heavy atom. The quantitative estimate of drug-likeness (QED) is 0.240. The Labute approximate surface area is 224 Å². The van der Waals surface area contributed by atoms with E-state index < -0.39 is 7.26 Å². The third-order valence-electron chi connectivity index (χ3n) is 6.95. The van der Waals surface area contributed by atoms with Crippen molar-refractivity contribution < 1.29 is 10.2 Å². The van der Waals surface area contributed by atoms with E-state index in [0.29, 0.717) is 0 Å². The van der Waals surface area contributed by atoms with Crippen LogP contribution in [0, 0.1) is 0 Å². The summed E-state index contributed by atoms with van der Waals surface area (Å²) in [6.07, 6.45) is 1.06. The molecule has 0 amide bonds. The molecule has 0 fully saturated rings. The van der Waals surface area contributed by atoms with E-state index in [1.54, 1.807) is 30.3 Å². The van der Waals surface area contributed by atoms with Gasteiger partial charge in [-0.1, -0.05) is 12.1 Å². The molecule has 2 nitrogen and oxygen atoms in total. The Kier molecular flexibility index (Phi) is 7.83. The van der Waals surface area contributed by atoms with Crippen LogP contribution in [0.2, 0.25) is 0 Å². The van der Waals surface area contributed by atoms with Crippen LogP contribution in [0.15, 0.2) is 158 Å². The molecule has 6 rings (SSSR count). The van der Waals surface area contributed by atoms with E-state index in [-0.39, 0.29) is 11.5 Å². The summed E-state index contributed by atoms with van der Waals surface area (Å²) in [5.41, 5.74) is 1.40. The van der Waals surface area contributed by atoms with Crippen molar-refractivity contribution in [3.8, 4) is 11.5 Å². The van der Waals surface area contributed by atoms with Crippen LogP contribution in [0.25, 0.3) is 10.8 Å². The predicted molar refractivity (Wildman–Crippen MR) is 164 cm³/mol. The van der Waals surface area contributed by atoms with Gasteiger partial charge in [-0.15, -0.1) is 0 Å². The van der Waals surface area contributed by atoms with E-state index in [0.717, 1.165) is 16.9 Å². The molecule has 0 aliphatic heterocycles.